The van der Waals surface area contributed by atoms with Gasteiger partial charge in [0.05, 0.1) is 10.7 Å². The van der Waals surface area contributed by atoms with Gasteiger partial charge in [-0.2, -0.15) is 0 Å². The molecule has 2 rings (SSSR count). The maximum absolute atomic E-state index is 12.9. The zero-order chi connectivity index (χ0) is 11.4. The van der Waals surface area contributed by atoms with Gasteiger partial charge in [0.15, 0.2) is 0 Å². The monoisotopic (exact) mass is 234 g/mol. The van der Waals surface area contributed by atoms with Crippen molar-refractivity contribution < 1.29 is 4.39 Å². The lowest BCUT2D eigenvalue weighted by molar-refractivity contribution is 0.628. The van der Waals surface area contributed by atoms with Crippen LogP contribution in [-0.4, -0.2) is 11.2 Å². The molecule has 0 radical (unpaired) electrons. The molecule has 80 valence electrons. The molecule has 0 N–H and O–H groups in total. The van der Waals surface area contributed by atoms with E-state index < -0.39 is 5.82 Å². The molecule has 0 unspecified atom stereocenters. The fourth-order valence-corrected chi connectivity index (χ4v) is 1.34. The zero-order valence-corrected chi connectivity index (χ0v) is 9.03. The highest BCUT2D eigenvalue weighted by molar-refractivity contribution is 6.31. The predicted molar refractivity (Wildman–Crippen MR) is 62.9 cm³/mol. The predicted octanol–water partition coefficient (Wildman–Crippen LogP) is 3.62. The van der Waals surface area contributed by atoms with Crippen molar-refractivity contribution in [1.82, 2.24) is 4.98 Å². The van der Waals surface area contributed by atoms with E-state index in [1.54, 1.807) is 24.7 Å². The lowest BCUT2D eigenvalue weighted by atomic mass is 10.3. The second-order valence-corrected chi connectivity index (χ2v) is 3.54. The maximum Gasteiger partial charge on any atom is 0.141 e. The summed E-state index contributed by atoms with van der Waals surface area (Å²) in [5.74, 6) is -0.440. The third kappa shape index (κ3) is 2.64. The molecule has 2 nitrogen and oxygen atoms in total. The standard InChI is InChI=1S/C12H8ClFN2/c13-11-7-10(1-2-12(11)14)16-8-9-3-5-15-6-4-9/h1-8H. The van der Waals surface area contributed by atoms with Gasteiger partial charge in [-0.05, 0) is 35.9 Å². The van der Waals surface area contributed by atoms with Gasteiger partial charge in [-0.25, -0.2) is 4.39 Å². The average Bonchev–Trinajstić information content (AvgIpc) is 2.32. The Morgan fingerprint density at radius 1 is 1.19 bits per heavy atom. The van der Waals surface area contributed by atoms with Crippen LogP contribution in [0, 0.1) is 5.82 Å². The lowest BCUT2D eigenvalue weighted by Gasteiger charge is -1.96. The highest BCUT2D eigenvalue weighted by atomic mass is 35.5. The number of hydrogen-bond donors (Lipinski definition) is 0. The normalized spacial score (nSPS) is 10.9. The number of hydrogen-bond acceptors (Lipinski definition) is 2. The number of aromatic nitrogens is 1. The van der Waals surface area contributed by atoms with Crippen LogP contribution in [-0.2, 0) is 0 Å². The van der Waals surface area contributed by atoms with Crippen molar-refractivity contribution in [2.45, 2.75) is 0 Å². The Labute approximate surface area is 97.4 Å². The van der Waals surface area contributed by atoms with E-state index in [1.807, 2.05) is 12.1 Å². The molecule has 0 aliphatic rings. The van der Waals surface area contributed by atoms with Crippen molar-refractivity contribution in [1.29, 1.82) is 0 Å². The first kappa shape index (κ1) is 10.8. The van der Waals surface area contributed by atoms with Gasteiger partial charge in [-0.3, -0.25) is 9.98 Å². The highest BCUT2D eigenvalue weighted by Crippen LogP contribution is 2.21. The Hall–Kier alpha value is -1.74. The lowest BCUT2D eigenvalue weighted by Crippen LogP contribution is -1.80. The first-order valence-corrected chi connectivity index (χ1v) is 5.02. The smallest absolute Gasteiger partial charge is 0.141 e. The van der Waals surface area contributed by atoms with Crippen LogP contribution >= 0.6 is 11.6 Å². The molecule has 0 spiro atoms. The summed E-state index contributed by atoms with van der Waals surface area (Å²) in [6, 6.07) is 8.00. The molecule has 0 amide bonds. The Bertz CT molecular complexity index is 512. The highest BCUT2D eigenvalue weighted by Gasteiger charge is 1.98. The summed E-state index contributed by atoms with van der Waals surface area (Å²) in [5, 5.41) is 0.0735. The van der Waals surface area contributed by atoms with Gasteiger partial charge >= 0.3 is 0 Å². The molecule has 4 heteroatoms. The quantitative estimate of drug-likeness (QED) is 0.729. The van der Waals surface area contributed by atoms with Gasteiger partial charge < -0.3 is 0 Å². The Kier molecular flexibility index (Phi) is 3.27. The fraction of sp³-hybridized carbons (Fsp3) is 0. The topological polar surface area (TPSA) is 25.2 Å². The summed E-state index contributed by atoms with van der Waals surface area (Å²) in [7, 11) is 0. The molecule has 0 atom stereocenters. The van der Waals surface area contributed by atoms with Crippen molar-refractivity contribution >= 4 is 23.5 Å². The number of aliphatic imine (C=N–C) groups is 1. The molecular formula is C12H8ClFN2. The van der Waals surface area contributed by atoms with Gasteiger partial charge in [0.25, 0.3) is 0 Å². The van der Waals surface area contributed by atoms with E-state index in [1.165, 1.54) is 12.1 Å². The first-order valence-electron chi connectivity index (χ1n) is 4.65. The summed E-state index contributed by atoms with van der Waals surface area (Å²) in [4.78, 5) is 8.07. The average molecular weight is 235 g/mol. The molecule has 16 heavy (non-hydrogen) atoms. The van der Waals surface area contributed by atoms with Crippen LogP contribution in [0.3, 0.4) is 0 Å². The Morgan fingerprint density at radius 3 is 2.62 bits per heavy atom. The van der Waals surface area contributed by atoms with E-state index in [0.29, 0.717) is 5.69 Å². The van der Waals surface area contributed by atoms with Crippen molar-refractivity contribution in [3.05, 3.63) is 59.1 Å². The number of nitrogens with zero attached hydrogens (tertiary/aromatic N) is 2. The molecule has 0 saturated heterocycles. The van der Waals surface area contributed by atoms with Crippen LogP contribution in [0.15, 0.2) is 47.7 Å². The van der Waals surface area contributed by atoms with Crippen LogP contribution in [0.4, 0.5) is 10.1 Å². The van der Waals surface area contributed by atoms with Crippen molar-refractivity contribution in [2.24, 2.45) is 4.99 Å². The molecule has 1 aromatic carbocycles. The molecule has 0 aliphatic carbocycles. The van der Waals surface area contributed by atoms with Crippen LogP contribution in [0.25, 0.3) is 0 Å². The largest absolute Gasteiger partial charge is 0.265 e. The molecule has 0 saturated carbocycles. The third-order valence-electron chi connectivity index (χ3n) is 1.97. The molecule has 0 fully saturated rings. The number of pyridine rings is 1. The SMILES string of the molecule is Fc1ccc(N=Cc2ccncc2)cc1Cl. The van der Waals surface area contributed by atoms with Crippen LogP contribution in [0.5, 0.6) is 0 Å². The van der Waals surface area contributed by atoms with Crippen LogP contribution < -0.4 is 0 Å². The van der Waals surface area contributed by atoms with Crippen molar-refractivity contribution in [2.75, 3.05) is 0 Å². The third-order valence-corrected chi connectivity index (χ3v) is 2.26. The van der Waals surface area contributed by atoms with Gasteiger partial charge in [-0.15, -0.1) is 0 Å². The van der Waals surface area contributed by atoms with Gasteiger partial charge in [0, 0.05) is 18.6 Å². The maximum atomic E-state index is 12.9. The molecule has 0 bridgehead atoms. The molecule has 0 aliphatic heterocycles. The van der Waals surface area contributed by atoms with Crippen molar-refractivity contribution in [3.8, 4) is 0 Å². The summed E-state index contributed by atoms with van der Waals surface area (Å²) < 4.78 is 12.9. The Morgan fingerprint density at radius 2 is 1.94 bits per heavy atom. The Balaban J connectivity index is 2.21. The summed E-state index contributed by atoms with van der Waals surface area (Å²) in [6.07, 6.45) is 5.03. The molecular weight excluding hydrogens is 227 g/mol. The molecule has 2 aromatic rings. The number of halogens is 2. The molecule has 1 heterocycles. The first-order chi connectivity index (χ1) is 7.75. The minimum Gasteiger partial charge on any atom is -0.265 e. The van der Waals surface area contributed by atoms with E-state index in [9.17, 15) is 4.39 Å². The van der Waals surface area contributed by atoms with Crippen LogP contribution in [0.2, 0.25) is 5.02 Å². The minimum atomic E-state index is -0.440. The summed E-state index contributed by atoms with van der Waals surface area (Å²) in [5.41, 5.74) is 1.54. The summed E-state index contributed by atoms with van der Waals surface area (Å²) in [6.45, 7) is 0. The van der Waals surface area contributed by atoms with Gasteiger partial charge in [0.2, 0.25) is 0 Å². The second kappa shape index (κ2) is 4.86. The van der Waals surface area contributed by atoms with E-state index in [4.69, 9.17) is 11.6 Å². The van der Waals surface area contributed by atoms with Crippen molar-refractivity contribution in [3.63, 3.8) is 0 Å². The van der Waals surface area contributed by atoms with Gasteiger partial charge in [-0.1, -0.05) is 11.6 Å². The van der Waals surface area contributed by atoms with Crippen LogP contribution in [0.1, 0.15) is 5.56 Å². The van der Waals surface area contributed by atoms with E-state index in [2.05, 4.69) is 9.98 Å². The zero-order valence-electron chi connectivity index (χ0n) is 8.27. The number of benzene rings is 1. The minimum absolute atomic E-state index is 0.0735. The number of rotatable bonds is 2. The summed E-state index contributed by atoms with van der Waals surface area (Å²) >= 11 is 5.64. The second-order valence-electron chi connectivity index (χ2n) is 3.14. The molecule has 1 aromatic heterocycles. The van der Waals surface area contributed by atoms with E-state index >= 15 is 0 Å². The fourth-order valence-electron chi connectivity index (χ4n) is 1.16. The van der Waals surface area contributed by atoms with E-state index in [0.717, 1.165) is 5.56 Å². The van der Waals surface area contributed by atoms with E-state index in [-0.39, 0.29) is 5.02 Å². The van der Waals surface area contributed by atoms with Gasteiger partial charge in [0.1, 0.15) is 5.82 Å².